The van der Waals surface area contributed by atoms with Crippen LogP contribution in [-0.4, -0.2) is 78.4 Å². The molecule has 0 aromatic heterocycles. The number of para-hydroxylation sites is 1. The summed E-state index contributed by atoms with van der Waals surface area (Å²) in [6.07, 6.45) is 3.58. The smallest absolute Gasteiger partial charge is 0.244 e. The normalized spacial score (nSPS) is 21.9. The summed E-state index contributed by atoms with van der Waals surface area (Å²) >= 11 is 1.71. The fourth-order valence-corrected chi connectivity index (χ4v) is 4.21. The van der Waals surface area contributed by atoms with Crippen molar-refractivity contribution in [2.24, 2.45) is 5.73 Å². The van der Waals surface area contributed by atoms with Crippen LogP contribution in [0, 0.1) is 0 Å². The molecule has 150 valence electrons. The second kappa shape index (κ2) is 10.3. The molecule has 2 aliphatic heterocycles. The Morgan fingerprint density at radius 2 is 1.85 bits per heavy atom. The molecule has 0 saturated carbocycles. The van der Waals surface area contributed by atoms with Crippen LogP contribution in [-0.2, 0) is 9.59 Å². The number of halogens is 1. The highest BCUT2D eigenvalue weighted by Crippen LogP contribution is 2.25. The lowest BCUT2D eigenvalue weighted by Crippen LogP contribution is -2.56. The maximum absolute atomic E-state index is 12.8. The Kier molecular flexibility index (Phi) is 8.41. The fraction of sp³-hybridized carbons (Fsp3) is 0.579. The Morgan fingerprint density at radius 3 is 2.48 bits per heavy atom. The summed E-state index contributed by atoms with van der Waals surface area (Å²) < 4.78 is 0. The second-order valence-corrected chi connectivity index (χ2v) is 7.86. The molecule has 1 aromatic rings. The van der Waals surface area contributed by atoms with E-state index in [-0.39, 0.29) is 30.3 Å². The van der Waals surface area contributed by atoms with Crippen LogP contribution in [0.3, 0.4) is 0 Å². The number of rotatable bonds is 6. The van der Waals surface area contributed by atoms with Crippen LogP contribution in [0.15, 0.2) is 30.3 Å². The first-order chi connectivity index (χ1) is 12.6. The molecule has 27 heavy (non-hydrogen) atoms. The van der Waals surface area contributed by atoms with E-state index >= 15 is 0 Å². The second-order valence-electron chi connectivity index (χ2n) is 6.88. The molecule has 2 fully saturated rings. The summed E-state index contributed by atoms with van der Waals surface area (Å²) in [5, 5.41) is 0. The summed E-state index contributed by atoms with van der Waals surface area (Å²) in [6, 6.07) is 9.36. The Labute approximate surface area is 171 Å². The van der Waals surface area contributed by atoms with E-state index in [2.05, 4.69) is 4.90 Å². The van der Waals surface area contributed by atoms with Crippen molar-refractivity contribution in [2.75, 3.05) is 49.6 Å². The van der Waals surface area contributed by atoms with Gasteiger partial charge in [0.2, 0.25) is 11.8 Å². The van der Waals surface area contributed by atoms with Crippen molar-refractivity contribution in [3.8, 4) is 0 Å². The lowest BCUT2D eigenvalue weighted by molar-refractivity contribution is -0.135. The predicted molar refractivity (Wildman–Crippen MR) is 114 cm³/mol. The summed E-state index contributed by atoms with van der Waals surface area (Å²) in [5.41, 5.74) is 6.98. The van der Waals surface area contributed by atoms with Gasteiger partial charge in [0.1, 0.15) is 0 Å². The molecule has 3 rings (SSSR count). The zero-order valence-electron chi connectivity index (χ0n) is 15.8. The van der Waals surface area contributed by atoms with Gasteiger partial charge in [-0.1, -0.05) is 18.2 Å². The third-order valence-electron chi connectivity index (χ3n) is 5.26. The van der Waals surface area contributed by atoms with Crippen molar-refractivity contribution in [3.63, 3.8) is 0 Å². The molecule has 0 radical (unpaired) electrons. The number of carbonyl (C=O) groups excluding carboxylic acids is 2. The van der Waals surface area contributed by atoms with Gasteiger partial charge in [-0.15, -0.1) is 12.4 Å². The SMILES string of the molecule is CSCC[C@H](N)C(=O)N1CCN(C2CCN(c3ccccc3)C2=O)CC1.Cl. The van der Waals surface area contributed by atoms with Crippen LogP contribution >= 0.6 is 24.2 Å². The van der Waals surface area contributed by atoms with Gasteiger partial charge in [-0.2, -0.15) is 11.8 Å². The number of piperazine rings is 1. The molecule has 6 nitrogen and oxygen atoms in total. The summed E-state index contributed by atoms with van der Waals surface area (Å²) in [6.45, 7) is 3.54. The number of anilines is 1. The van der Waals surface area contributed by atoms with Crippen molar-refractivity contribution < 1.29 is 9.59 Å². The number of nitrogens with two attached hydrogens (primary N) is 1. The van der Waals surface area contributed by atoms with Crippen molar-refractivity contribution in [2.45, 2.75) is 24.9 Å². The van der Waals surface area contributed by atoms with Crippen LogP contribution in [0.2, 0.25) is 0 Å². The largest absolute Gasteiger partial charge is 0.339 e. The van der Waals surface area contributed by atoms with E-state index in [1.54, 1.807) is 11.8 Å². The van der Waals surface area contributed by atoms with Gasteiger partial charge >= 0.3 is 0 Å². The fourth-order valence-electron chi connectivity index (χ4n) is 3.72. The average molecular weight is 413 g/mol. The lowest BCUT2D eigenvalue weighted by atomic mass is 10.1. The Morgan fingerprint density at radius 1 is 1.19 bits per heavy atom. The Hall–Kier alpha value is -1.28. The molecule has 2 amide bonds. The quantitative estimate of drug-likeness (QED) is 0.765. The van der Waals surface area contributed by atoms with Gasteiger partial charge in [0.05, 0.1) is 12.1 Å². The Balaban J connectivity index is 0.00000261. The zero-order valence-corrected chi connectivity index (χ0v) is 17.4. The van der Waals surface area contributed by atoms with E-state index in [1.165, 1.54) is 0 Å². The van der Waals surface area contributed by atoms with Gasteiger partial charge in [0.15, 0.2) is 0 Å². The number of carbonyl (C=O) groups is 2. The number of hydrogen-bond acceptors (Lipinski definition) is 5. The minimum Gasteiger partial charge on any atom is -0.339 e. The molecule has 1 unspecified atom stereocenters. The van der Waals surface area contributed by atoms with Crippen LogP contribution in [0.25, 0.3) is 0 Å². The first kappa shape index (κ1) is 22.0. The zero-order chi connectivity index (χ0) is 18.5. The topological polar surface area (TPSA) is 69.9 Å². The van der Waals surface area contributed by atoms with Crippen LogP contribution in [0.1, 0.15) is 12.8 Å². The third-order valence-corrected chi connectivity index (χ3v) is 5.91. The monoisotopic (exact) mass is 412 g/mol. The van der Waals surface area contributed by atoms with E-state index in [4.69, 9.17) is 5.73 Å². The van der Waals surface area contributed by atoms with E-state index in [1.807, 2.05) is 46.4 Å². The van der Waals surface area contributed by atoms with E-state index < -0.39 is 6.04 Å². The molecule has 0 bridgehead atoms. The first-order valence-corrected chi connectivity index (χ1v) is 10.6. The first-order valence-electron chi connectivity index (χ1n) is 9.25. The highest BCUT2D eigenvalue weighted by molar-refractivity contribution is 7.98. The summed E-state index contributed by atoms with van der Waals surface area (Å²) in [4.78, 5) is 31.2. The molecule has 0 spiro atoms. The van der Waals surface area contributed by atoms with Crippen LogP contribution < -0.4 is 10.6 Å². The molecule has 1 aromatic carbocycles. The maximum atomic E-state index is 12.8. The molecule has 2 saturated heterocycles. The van der Waals surface area contributed by atoms with Crippen molar-refractivity contribution in [1.82, 2.24) is 9.80 Å². The van der Waals surface area contributed by atoms with Crippen molar-refractivity contribution in [1.29, 1.82) is 0 Å². The van der Waals surface area contributed by atoms with Gasteiger partial charge < -0.3 is 15.5 Å². The number of nitrogens with zero attached hydrogens (tertiary/aromatic N) is 3. The highest BCUT2D eigenvalue weighted by Gasteiger charge is 2.38. The Bertz CT molecular complexity index is 625. The van der Waals surface area contributed by atoms with Gasteiger partial charge in [-0.3, -0.25) is 14.5 Å². The van der Waals surface area contributed by atoms with Gasteiger partial charge in [-0.05, 0) is 37.0 Å². The van der Waals surface area contributed by atoms with Crippen LogP contribution in [0.4, 0.5) is 5.69 Å². The van der Waals surface area contributed by atoms with Crippen LogP contribution in [0.5, 0.6) is 0 Å². The molecule has 2 heterocycles. The maximum Gasteiger partial charge on any atom is 0.244 e. The van der Waals surface area contributed by atoms with Gasteiger partial charge in [0, 0.05) is 38.4 Å². The predicted octanol–water partition coefficient (Wildman–Crippen LogP) is 1.44. The van der Waals surface area contributed by atoms with E-state index in [0.717, 1.165) is 37.5 Å². The molecular formula is C19H29ClN4O2S. The lowest BCUT2D eigenvalue weighted by Gasteiger charge is -2.38. The van der Waals surface area contributed by atoms with E-state index in [9.17, 15) is 9.59 Å². The molecule has 2 aliphatic rings. The number of amides is 2. The van der Waals surface area contributed by atoms with Crippen molar-refractivity contribution >= 4 is 41.7 Å². The molecule has 8 heteroatoms. The van der Waals surface area contributed by atoms with Crippen molar-refractivity contribution in [3.05, 3.63) is 30.3 Å². The standard InChI is InChI=1S/C19H28N4O2S.ClH/c1-26-14-8-16(20)18(24)22-12-10-21(11-13-22)17-7-9-23(19(17)25)15-5-3-2-4-6-15;/h2-6,16-17H,7-14,20H2,1H3;1H/t16-,17?;/m0./s1. The van der Waals surface area contributed by atoms with E-state index in [0.29, 0.717) is 19.5 Å². The third kappa shape index (κ3) is 5.16. The van der Waals surface area contributed by atoms with Gasteiger partial charge in [0.25, 0.3) is 0 Å². The van der Waals surface area contributed by atoms with Gasteiger partial charge in [-0.25, -0.2) is 0 Å². The highest BCUT2D eigenvalue weighted by atomic mass is 35.5. The average Bonchev–Trinajstić information content (AvgIpc) is 3.07. The molecule has 0 aliphatic carbocycles. The molecule has 2 atom stereocenters. The molecular weight excluding hydrogens is 384 g/mol. The minimum absolute atomic E-state index is 0. The summed E-state index contributed by atoms with van der Waals surface area (Å²) in [5.74, 6) is 1.12. The number of hydrogen-bond donors (Lipinski definition) is 1. The molecule has 2 N–H and O–H groups in total. The number of thioether (sulfide) groups is 1. The minimum atomic E-state index is -0.407. The number of benzene rings is 1. The summed E-state index contributed by atoms with van der Waals surface area (Å²) in [7, 11) is 0.